The Labute approximate surface area is 182 Å². The van der Waals surface area contributed by atoms with Crippen molar-refractivity contribution in [3.8, 4) is 17.2 Å². The standard InChI is InChI=1S/C25H26N2O4/c1-4-30-24-15-20(9-14-23(24)31-17-19-7-5-18(2)6-8-19)16-26-27-25(28)21-10-12-22(29-3)13-11-21/h5-16H,4,17H2,1-3H3,(H,27,28)/b26-16+. The first kappa shape index (κ1) is 21.9. The van der Waals surface area contributed by atoms with Gasteiger partial charge in [-0.1, -0.05) is 29.8 Å². The SMILES string of the molecule is CCOc1cc(/C=N/NC(=O)c2ccc(OC)cc2)ccc1OCc1ccc(C)cc1. The summed E-state index contributed by atoms with van der Waals surface area (Å²) in [6, 6.07) is 20.5. The van der Waals surface area contributed by atoms with Crippen molar-refractivity contribution in [1.29, 1.82) is 0 Å². The summed E-state index contributed by atoms with van der Waals surface area (Å²) >= 11 is 0. The average Bonchev–Trinajstić information content (AvgIpc) is 2.80. The maximum Gasteiger partial charge on any atom is 0.271 e. The van der Waals surface area contributed by atoms with E-state index in [-0.39, 0.29) is 5.91 Å². The summed E-state index contributed by atoms with van der Waals surface area (Å²) in [5.41, 5.74) is 6.08. The number of amides is 1. The number of carbonyl (C=O) groups is 1. The summed E-state index contributed by atoms with van der Waals surface area (Å²) in [5, 5.41) is 4.04. The second kappa shape index (κ2) is 10.8. The van der Waals surface area contributed by atoms with E-state index in [1.807, 2.05) is 37.3 Å². The third-order valence-corrected chi connectivity index (χ3v) is 4.51. The lowest BCUT2D eigenvalue weighted by atomic mass is 10.2. The molecule has 0 spiro atoms. The molecule has 1 N–H and O–H groups in total. The van der Waals surface area contributed by atoms with Crippen molar-refractivity contribution in [2.75, 3.05) is 13.7 Å². The fraction of sp³-hybridized carbons (Fsp3) is 0.200. The van der Waals surface area contributed by atoms with Crippen molar-refractivity contribution in [2.24, 2.45) is 5.10 Å². The summed E-state index contributed by atoms with van der Waals surface area (Å²) in [5.74, 6) is 1.66. The van der Waals surface area contributed by atoms with Crippen LogP contribution in [0.1, 0.15) is 34.0 Å². The molecule has 0 fully saturated rings. The lowest BCUT2D eigenvalue weighted by Crippen LogP contribution is -2.17. The second-order valence-electron chi connectivity index (χ2n) is 6.84. The molecule has 0 saturated carbocycles. The zero-order chi connectivity index (χ0) is 22.1. The summed E-state index contributed by atoms with van der Waals surface area (Å²) in [6.07, 6.45) is 1.56. The van der Waals surface area contributed by atoms with Crippen molar-refractivity contribution in [1.82, 2.24) is 5.43 Å². The molecule has 3 rings (SSSR count). The third kappa shape index (κ3) is 6.34. The summed E-state index contributed by atoms with van der Waals surface area (Å²) < 4.78 is 16.8. The number of benzene rings is 3. The minimum Gasteiger partial charge on any atom is -0.497 e. The molecule has 6 heteroatoms. The van der Waals surface area contributed by atoms with Crippen LogP contribution in [0.3, 0.4) is 0 Å². The van der Waals surface area contributed by atoms with E-state index < -0.39 is 0 Å². The Kier molecular flexibility index (Phi) is 7.65. The number of rotatable bonds is 9. The number of hydrogen-bond acceptors (Lipinski definition) is 5. The molecule has 31 heavy (non-hydrogen) atoms. The fourth-order valence-electron chi connectivity index (χ4n) is 2.81. The van der Waals surface area contributed by atoms with Crippen LogP contribution in [0.25, 0.3) is 0 Å². The van der Waals surface area contributed by atoms with Crippen LogP contribution in [0.5, 0.6) is 17.2 Å². The van der Waals surface area contributed by atoms with E-state index in [1.165, 1.54) is 5.56 Å². The third-order valence-electron chi connectivity index (χ3n) is 4.51. The predicted octanol–water partition coefficient (Wildman–Crippen LogP) is 4.75. The summed E-state index contributed by atoms with van der Waals surface area (Å²) in [4.78, 5) is 12.2. The van der Waals surface area contributed by atoms with Crippen LogP contribution in [0.15, 0.2) is 71.8 Å². The molecular weight excluding hydrogens is 392 g/mol. The van der Waals surface area contributed by atoms with E-state index in [0.717, 1.165) is 11.1 Å². The topological polar surface area (TPSA) is 69.2 Å². The maximum absolute atomic E-state index is 12.2. The van der Waals surface area contributed by atoms with E-state index in [4.69, 9.17) is 14.2 Å². The number of carbonyl (C=O) groups excluding carboxylic acids is 1. The van der Waals surface area contributed by atoms with Gasteiger partial charge >= 0.3 is 0 Å². The van der Waals surface area contributed by atoms with Crippen LogP contribution >= 0.6 is 0 Å². The fourth-order valence-corrected chi connectivity index (χ4v) is 2.81. The normalized spacial score (nSPS) is 10.7. The van der Waals surface area contributed by atoms with Gasteiger partial charge in [-0.15, -0.1) is 0 Å². The van der Waals surface area contributed by atoms with Gasteiger partial charge in [0.05, 0.1) is 19.9 Å². The first-order chi connectivity index (χ1) is 15.1. The number of nitrogens with zero attached hydrogens (tertiary/aromatic N) is 1. The molecule has 0 unspecified atom stereocenters. The van der Waals surface area contributed by atoms with Crippen molar-refractivity contribution >= 4 is 12.1 Å². The molecule has 0 radical (unpaired) electrons. The Morgan fingerprint density at radius 1 is 0.968 bits per heavy atom. The van der Waals surface area contributed by atoms with Gasteiger partial charge in [0.2, 0.25) is 0 Å². The molecular formula is C25H26N2O4. The molecule has 3 aromatic carbocycles. The number of nitrogens with one attached hydrogen (secondary N) is 1. The van der Waals surface area contributed by atoms with Crippen LogP contribution in [-0.2, 0) is 6.61 Å². The lowest BCUT2D eigenvalue weighted by Gasteiger charge is -2.12. The van der Waals surface area contributed by atoms with Crippen molar-refractivity contribution in [2.45, 2.75) is 20.5 Å². The number of hydrazone groups is 1. The minimum absolute atomic E-state index is 0.304. The number of ether oxygens (including phenoxy) is 3. The largest absolute Gasteiger partial charge is 0.497 e. The van der Waals surface area contributed by atoms with Crippen LogP contribution < -0.4 is 19.6 Å². The lowest BCUT2D eigenvalue weighted by molar-refractivity contribution is 0.0955. The molecule has 1 amide bonds. The van der Waals surface area contributed by atoms with Gasteiger partial charge in [0.1, 0.15) is 12.4 Å². The summed E-state index contributed by atoms with van der Waals surface area (Å²) in [6.45, 7) is 4.93. The second-order valence-corrected chi connectivity index (χ2v) is 6.84. The zero-order valence-corrected chi connectivity index (χ0v) is 17.9. The van der Waals surface area contributed by atoms with Crippen molar-refractivity contribution in [3.05, 3.63) is 89.0 Å². The Bertz CT molecular complexity index is 1030. The highest BCUT2D eigenvalue weighted by Gasteiger charge is 2.07. The zero-order valence-electron chi connectivity index (χ0n) is 17.9. The van der Waals surface area contributed by atoms with Gasteiger partial charge in [-0.3, -0.25) is 4.79 Å². The van der Waals surface area contributed by atoms with Gasteiger partial charge in [0, 0.05) is 5.56 Å². The molecule has 0 saturated heterocycles. The van der Waals surface area contributed by atoms with E-state index in [2.05, 4.69) is 29.6 Å². The Morgan fingerprint density at radius 2 is 1.71 bits per heavy atom. The monoisotopic (exact) mass is 418 g/mol. The molecule has 160 valence electrons. The minimum atomic E-state index is -0.304. The van der Waals surface area contributed by atoms with E-state index >= 15 is 0 Å². The molecule has 0 atom stereocenters. The Morgan fingerprint density at radius 3 is 2.39 bits per heavy atom. The van der Waals surface area contributed by atoms with Crippen LogP contribution in [-0.4, -0.2) is 25.8 Å². The highest BCUT2D eigenvalue weighted by molar-refractivity contribution is 5.95. The Hall–Kier alpha value is -3.80. The molecule has 3 aromatic rings. The van der Waals surface area contributed by atoms with Crippen LogP contribution in [0.4, 0.5) is 0 Å². The molecule has 6 nitrogen and oxygen atoms in total. The molecule has 0 aliphatic heterocycles. The van der Waals surface area contributed by atoms with Crippen LogP contribution in [0.2, 0.25) is 0 Å². The van der Waals surface area contributed by atoms with E-state index in [0.29, 0.717) is 36.0 Å². The van der Waals surface area contributed by atoms with Crippen molar-refractivity contribution in [3.63, 3.8) is 0 Å². The van der Waals surface area contributed by atoms with E-state index in [9.17, 15) is 4.79 Å². The summed E-state index contributed by atoms with van der Waals surface area (Å²) in [7, 11) is 1.58. The van der Waals surface area contributed by atoms with Gasteiger partial charge in [-0.25, -0.2) is 5.43 Å². The molecule has 0 aliphatic rings. The van der Waals surface area contributed by atoms with Gasteiger partial charge in [-0.2, -0.15) is 5.10 Å². The Balaban J connectivity index is 1.63. The number of aryl methyl sites for hydroxylation is 1. The van der Waals surface area contributed by atoms with Crippen LogP contribution in [0, 0.1) is 6.92 Å². The number of hydrogen-bond donors (Lipinski definition) is 1. The highest BCUT2D eigenvalue weighted by atomic mass is 16.5. The predicted molar refractivity (Wildman–Crippen MR) is 121 cm³/mol. The van der Waals surface area contributed by atoms with Gasteiger partial charge in [0.25, 0.3) is 5.91 Å². The number of methoxy groups -OCH3 is 1. The smallest absolute Gasteiger partial charge is 0.271 e. The van der Waals surface area contributed by atoms with E-state index in [1.54, 1.807) is 37.6 Å². The molecule has 0 aromatic heterocycles. The van der Waals surface area contributed by atoms with Gasteiger partial charge in [-0.05, 0) is 67.4 Å². The molecule has 0 heterocycles. The van der Waals surface area contributed by atoms with Gasteiger partial charge in [0.15, 0.2) is 11.5 Å². The maximum atomic E-state index is 12.2. The van der Waals surface area contributed by atoms with Gasteiger partial charge < -0.3 is 14.2 Å². The molecule has 0 bridgehead atoms. The average molecular weight is 418 g/mol. The molecule has 0 aliphatic carbocycles. The first-order valence-electron chi connectivity index (χ1n) is 10.0. The first-order valence-corrected chi connectivity index (χ1v) is 10.0. The quantitative estimate of drug-likeness (QED) is 0.402. The van der Waals surface area contributed by atoms with Crippen molar-refractivity contribution < 1.29 is 19.0 Å². The highest BCUT2D eigenvalue weighted by Crippen LogP contribution is 2.29.